The van der Waals surface area contributed by atoms with Gasteiger partial charge in [0, 0.05) is 21.4 Å². The normalized spacial score (nSPS) is 11.0. The van der Waals surface area contributed by atoms with E-state index in [1.807, 2.05) is 19.1 Å². The fraction of sp³-hybridized carbons (Fsp3) is 0.200. The smallest absolute Gasteiger partial charge is 0.223 e. The molecule has 0 N–H and O–H groups in total. The van der Waals surface area contributed by atoms with Crippen LogP contribution in [0.2, 0.25) is 10.0 Å². The van der Waals surface area contributed by atoms with E-state index < -0.39 is 5.82 Å². The minimum atomic E-state index is -0.409. The Kier molecular flexibility index (Phi) is 6.58. The molecule has 0 spiro atoms. The van der Waals surface area contributed by atoms with Crippen LogP contribution >= 0.6 is 35.0 Å². The molecule has 1 aromatic heterocycles. The zero-order valence-corrected chi connectivity index (χ0v) is 16.9. The van der Waals surface area contributed by atoms with Crippen molar-refractivity contribution in [3.63, 3.8) is 0 Å². The molecule has 0 bridgehead atoms. The van der Waals surface area contributed by atoms with Gasteiger partial charge in [0.2, 0.25) is 5.12 Å². The van der Waals surface area contributed by atoms with Crippen LogP contribution in [0.5, 0.6) is 0 Å². The first-order valence-corrected chi connectivity index (χ1v) is 10.2. The average Bonchev–Trinajstić information content (AvgIpc) is 3.06. The van der Waals surface area contributed by atoms with Gasteiger partial charge in [-0.05, 0) is 42.8 Å². The van der Waals surface area contributed by atoms with Crippen molar-refractivity contribution in [3.05, 3.63) is 81.3 Å². The maximum atomic E-state index is 13.9. The minimum absolute atomic E-state index is 0.155. The van der Waals surface area contributed by atoms with Gasteiger partial charge in [0.1, 0.15) is 5.82 Å². The summed E-state index contributed by atoms with van der Waals surface area (Å²) in [6.45, 7) is 2.04. The first-order chi connectivity index (χ1) is 13.0. The molecule has 0 radical (unpaired) electrons. The second kappa shape index (κ2) is 8.91. The standard InChI is InChI=1S/C20H17Cl2FN2OS/c1-2-4-19-15(11-24-25(19)14-9-7-13(21)8-10-14)20(26)27-12-16-17(22)5-3-6-18(16)23/h3,5-11H,2,4,12H2,1H3. The van der Waals surface area contributed by atoms with Gasteiger partial charge >= 0.3 is 0 Å². The molecule has 0 amide bonds. The molecule has 0 aliphatic carbocycles. The fourth-order valence-electron chi connectivity index (χ4n) is 2.71. The SMILES string of the molecule is CCCc1c(C(=O)SCc2c(F)cccc2Cl)cnn1-c1ccc(Cl)cc1. The van der Waals surface area contributed by atoms with E-state index in [0.29, 0.717) is 27.6 Å². The number of rotatable bonds is 6. The zero-order valence-electron chi connectivity index (χ0n) is 14.6. The van der Waals surface area contributed by atoms with E-state index in [2.05, 4.69) is 5.10 Å². The van der Waals surface area contributed by atoms with Crippen molar-refractivity contribution in [1.82, 2.24) is 9.78 Å². The molecule has 0 fully saturated rings. The molecule has 0 atom stereocenters. The van der Waals surface area contributed by atoms with E-state index in [-0.39, 0.29) is 10.9 Å². The predicted octanol–water partition coefficient (Wildman–Crippen LogP) is 6.34. The van der Waals surface area contributed by atoms with Crippen LogP contribution in [0.3, 0.4) is 0 Å². The van der Waals surface area contributed by atoms with Gasteiger partial charge in [-0.15, -0.1) is 0 Å². The van der Waals surface area contributed by atoms with Crippen molar-refractivity contribution in [2.75, 3.05) is 0 Å². The Morgan fingerprint density at radius 1 is 1.19 bits per heavy atom. The molecule has 0 unspecified atom stereocenters. The Morgan fingerprint density at radius 3 is 2.59 bits per heavy atom. The third-order valence-electron chi connectivity index (χ3n) is 4.06. The van der Waals surface area contributed by atoms with Crippen LogP contribution in [0.25, 0.3) is 5.69 Å². The summed E-state index contributed by atoms with van der Waals surface area (Å²) >= 11 is 13.0. The van der Waals surface area contributed by atoms with Crippen molar-refractivity contribution in [2.24, 2.45) is 0 Å². The molecular weight excluding hydrogens is 406 g/mol. The number of carbonyl (C=O) groups is 1. The Morgan fingerprint density at radius 2 is 1.93 bits per heavy atom. The van der Waals surface area contributed by atoms with Crippen LogP contribution in [0, 0.1) is 5.82 Å². The zero-order chi connectivity index (χ0) is 19.4. The topological polar surface area (TPSA) is 34.9 Å². The van der Waals surface area contributed by atoms with Crippen LogP contribution in [0.4, 0.5) is 4.39 Å². The molecule has 0 saturated carbocycles. The second-order valence-electron chi connectivity index (χ2n) is 5.92. The molecule has 3 aromatic rings. The first kappa shape index (κ1) is 19.9. The fourth-order valence-corrected chi connectivity index (χ4v) is 4.04. The summed E-state index contributed by atoms with van der Waals surface area (Å²) in [6, 6.07) is 11.8. The van der Waals surface area contributed by atoms with Gasteiger partial charge in [-0.3, -0.25) is 4.79 Å². The van der Waals surface area contributed by atoms with Gasteiger partial charge < -0.3 is 0 Å². The third-order valence-corrected chi connectivity index (χ3v) is 5.58. The Hall–Kier alpha value is -1.82. The largest absolute Gasteiger partial charge is 0.281 e. The first-order valence-electron chi connectivity index (χ1n) is 8.44. The van der Waals surface area contributed by atoms with E-state index in [1.165, 1.54) is 6.07 Å². The summed E-state index contributed by atoms with van der Waals surface area (Å²) in [5.74, 6) is -0.240. The number of halogens is 3. The van der Waals surface area contributed by atoms with Gasteiger partial charge in [-0.1, -0.05) is 54.4 Å². The third kappa shape index (κ3) is 4.54. The predicted molar refractivity (Wildman–Crippen MR) is 110 cm³/mol. The lowest BCUT2D eigenvalue weighted by Gasteiger charge is -2.09. The number of nitrogens with zero attached hydrogens (tertiary/aromatic N) is 2. The molecule has 3 rings (SSSR count). The van der Waals surface area contributed by atoms with E-state index in [0.717, 1.165) is 29.6 Å². The summed E-state index contributed by atoms with van der Waals surface area (Å²) in [7, 11) is 0. The number of hydrogen-bond donors (Lipinski definition) is 0. The van der Waals surface area contributed by atoms with E-state index in [4.69, 9.17) is 23.2 Å². The Labute approximate surface area is 171 Å². The maximum Gasteiger partial charge on any atom is 0.223 e. The highest BCUT2D eigenvalue weighted by atomic mass is 35.5. The minimum Gasteiger partial charge on any atom is -0.281 e. The summed E-state index contributed by atoms with van der Waals surface area (Å²) in [6.07, 6.45) is 3.13. The molecule has 0 aliphatic heterocycles. The van der Waals surface area contributed by atoms with Crippen LogP contribution < -0.4 is 0 Å². The van der Waals surface area contributed by atoms with Crippen molar-refractivity contribution in [2.45, 2.75) is 25.5 Å². The van der Waals surface area contributed by atoms with E-state index in [1.54, 1.807) is 35.1 Å². The summed E-state index contributed by atoms with van der Waals surface area (Å²) in [5.41, 5.74) is 2.53. The monoisotopic (exact) mass is 422 g/mol. The lowest BCUT2D eigenvalue weighted by Crippen LogP contribution is -2.06. The Balaban J connectivity index is 1.85. The number of carbonyl (C=O) groups excluding carboxylic acids is 1. The van der Waals surface area contributed by atoms with Crippen molar-refractivity contribution >= 4 is 40.1 Å². The maximum absolute atomic E-state index is 13.9. The Bertz CT molecular complexity index is 937. The molecule has 0 aliphatic rings. The van der Waals surface area contributed by atoms with Crippen LogP contribution in [0.1, 0.15) is 35.0 Å². The molecule has 27 heavy (non-hydrogen) atoms. The van der Waals surface area contributed by atoms with Crippen LogP contribution in [-0.4, -0.2) is 14.9 Å². The highest BCUT2D eigenvalue weighted by Crippen LogP contribution is 2.28. The second-order valence-corrected chi connectivity index (χ2v) is 7.71. The molecule has 0 saturated heterocycles. The van der Waals surface area contributed by atoms with Crippen molar-refractivity contribution < 1.29 is 9.18 Å². The average molecular weight is 423 g/mol. The van der Waals surface area contributed by atoms with Gasteiger partial charge in [0.25, 0.3) is 0 Å². The molecule has 140 valence electrons. The molecule has 1 heterocycles. The van der Waals surface area contributed by atoms with Gasteiger partial charge in [-0.25, -0.2) is 9.07 Å². The van der Waals surface area contributed by atoms with E-state index >= 15 is 0 Å². The summed E-state index contributed by atoms with van der Waals surface area (Å²) in [5, 5.41) is 5.19. The van der Waals surface area contributed by atoms with E-state index in [9.17, 15) is 9.18 Å². The van der Waals surface area contributed by atoms with Crippen LogP contribution in [-0.2, 0) is 12.2 Å². The summed E-state index contributed by atoms with van der Waals surface area (Å²) in [4.78, 5) is 12.8. The van der Waals surface area contributed by atoms with Crippen LogP contribution in [0.15, 0.2) is 48.7 Å². The molecule has 7 heteroatoms. The lowest BCUT2D eigenvalue weighted by molar-refractivity contribution is 0.108. The van der Waals surface area contributed by atoms with Gasteiger partial charge in [0.15, 0.2) is 0 Å². The lowest BCUT2D eigenvalue weighted by atomic mass is 10.1. The van der Waals surface area contributed by atoms with Gasteiger partial charge in [-0.2, -0.15) is 5.10 Å². The van der Waals surface area contributed by atoms with Crippen molar-refractivity contribution in [1.29, 1.82) is 0 Å². The number of thioether (sulfide) groups is 1. The van der Waals surface area contributed by atoms with Gasteiger partial charge in [0.05, 0.1) is 23.1 Å². The highest BCUT2D eigenvalue weighted by Gasteiger charge is 2.19. The highest BCUT2D eigenvalue weighted by molar-refractivity contribution is 8.13. The number of aromatic nitrogens is 2. The molecule has 3 nitrogen and oxygen atoms in total. The molecular formula is C20H17Cl2FN2OS. The quantitative estimate of drug-likeness (QED) is 0.464. The number of hydrogen-bond acceptors (Lipinski definition) is 3. The van der Waals surface area contributed by atoms with Crippen molar-refractivity contribution in [3.8, 4) is 5.69 Å². The number of benzene rings is 2. The summed E-state index contributed by atoms with van der Waals surface area (Å²) < 4.78 is 15.7. The molecule has 2 aromatic carbocycles.